The molecule has 0 radical (unpaired) electrons. The van der Waals surface area contributed by atoms with Gasteiger partial charge < -0.3 is 4.18 Å². The van der Waals surface area contributed by atoms with Gasteiger partial charge in [0.2, 0.25) is 0 Å². The molecule has 28 heavy (non-hydrogen) atoms. The van der Waals surface area contributed by atoms with Crippen molar-refractivity contribution in [2.75, 3.05) is 0 Å². The number of ketones is 1. The number of halogens is 3. The number of rotatable bonds is 5. The summed E-state index contributed by atoms with van der Waals surface area (Å²) < 4.78 is 70.3. The summed E-state index contributed by atoms with van der Waals surface area (Å²) in [7, 11) is -4.59. The Labute approximate surface area is 159 Å². The summed E-state index contributed by atoms with van der Waals surface area (Å²) in [5, 5.41) is 0. The van der Waals surface area contributed by atoms with E-state index < -0.39 is 39.0 Å². The van der Waals surface area contributed by atoms with Gasteiger partial charge >= 0.3 is 16.3 Å². The van der Waals surface area contributed by atoms with Gasteiger partial charge in [0.25, 0.3) is 0 Å². The Morgan fingerprint density at radius 1 is 0.786 bits per heavy atom. The Kier molecular flexibility index (Phi) is 5.24. The minimum Gasteiger partial charge on any atom is -0.378 e. The van der Waals surface area contributed by atoms with E-state index in [4.69, 9.17) is 4.18 Å². The van der Waals surface area contributed by atoms with Crippen LogP contribution in [0.4, 0.5) is 13.2 Å². The second-order valence-corrected chi connectivity index (χ2v) is 7.27. The van der Waals surface area contributed by atoms with E-state index in [1.165, 1.54) is 36.4 Å². The van der Waals surface area contributed by atoms with Crippen LogP contribution in [0.15, 0.2) is 83.8 Å². The molecule has 3 aromatic rings. The molecule has 0 aliphatic rings. The molecule has 144 valence electrons. The standard InChI is InChI=1S/C20H13F3O4S/c21-20(22,23)17-13-7-12-16(18(24)14-8-3-1-4-9-14)19(17)27-28(25,26)15-10-5-2-6-11-15/h1-13H. The van der Waals surface area contributed by atoms with E-state index in [9.17, 15) is 26.4 Å². The highest BCUT2D eigenvalue weighted by molar-refractivity contribution is 7.87. The molecule has 0 aromatic heterocycles. The molecule has 0 atom stereocenters. The van der Waals surface area contributed by atoms with Crippen LogP contribution >= 0.6 is 0 Å². The van der Waals surface area contributed by atoms with Gasteiger partial charge in [-0.1, -0.05) is 54.6 Å². The van der Waals surface area contributed by atoms with Crippen molar-refractivity contribution in [1.82, 2.24) is 0 Å². The third-order valence-electron chi connectivity index (χ3n) is 3.83. The zero-order valence-corrected chi connectivity index (χ0v) is 15.0. The summed E-state index contributed by atoms with van der Waals surface area (Å²) >= 11 is 0. The molecule has 0 saturated heterocycles. The first-order chi connectivity index (χ1) is 13.2. The zero-order valence-electron chi connectivity index (χ0n) is 14.2. The minimum atomic E-state index is -4.92. The maximum Gasteiger partial charge on any atom is 0.420 e. The highest BCUT2D eigenvalue weighted by Crippen LogP contribution is 2.40. The molecule has 0 aliphatic carbocycles. The van der Waals surface area contributed by atoms with Gasteiger partial charge in [0.05, 0.1) is 5.56 Å². The van der Waals surface area contributed by atoms with Gasteiger partial charge in [-0.2, -0.15) is 21.6 Å². The molecule has 0 fully saturated rings. The smallest absolute Gasteiger partial charge is 0.378 e. The Balaban J connectivity index is 2.16. The van der Waals surface area contributed by atoms with E-state index in [2.05, 4.69) is 0 Å². The lowest BCUT2D eigenvalue weighted by Crippen LogP contribution is -2.17. The fraction of sp³-hybridized carbons (Fsp3) is 0.0500. The maximum absolute atomic E-state index is 13.5. The highest BCUT2D eigenvalue weighted by Gasteiger charge is 2.38. The number of hydrogen-bond donors (Lipinski definition) is 0. The van der Waals surface area contributed by atoms with Crippen molar-refractivity contribution < 1.29 is 30.6 Å². The summed E-state index contributed by atoms with van der Waals surface area (Å²) in [6.45, 7) is 0. The topological polar surface area (TPSA) is 60.4 Å². The van der Waals surface area contributed by atoms with Crippen molar-refractivity contribution in [3.63, 3.8) is 0 Å². The molecule has 3 rings (SSSR count). The van der Waals surface area contributed by atoms with Crippen molar-refractivity contribution in [3.8, 4) is 5.75 Å². The van der Waals surface area contributed by atoms with E-state index in [-0.39, 0.29) is 10.5 Å². The Morgan fingerprint density at radius 2 is 1.36 bits per heavy atom. The summed E-state index contributed by atoms with van der Waals surface area (Å²) in [6, 6.07) is 17.1. The van der Waals surface area contributed by atoms with Crippen molar-refractivity contribution >= 4 is 15.9 Å². The third-order valence-corrected chi connectivity index (χ3v) is 5.06. The first-order valence-electron chi connectivity index (χ1n) is 7.99. The molecule has 8 heteroatoms. The predicted molar refractivity (Wildman–Crippen MR) is 95.6 cm³/mol. The van der Waals surface area contributed by atoms with E-state index in [0.717, 1.165) is 12.1 Å². The van der Waals surface area contributed by atoms with Crippen LogP contribution in [0.2, 0.25) is 0 Å². The van der Waals surface area contributed by atoms with Crippen molar-refractivity contribution in [1.29, 1.82) is 0 Å². The van der Waals surface area contributed by atoms with Crippen molar-refractivity contribution in [3.05, 3.63) is 95.6 Å². The van der Waals surface area contributed by atoms with Crippen molar-refractivity contribution in [2.45, 2.75) is 11.1 Å². The van der Waals surface area contributed by atoms with Crippen LogP contribution in [0.1, 0.15) is 21.5 Å². The predicted octanol–water partition coefficient (Wildman–Crippen LogP) is 4.70. The fourth-order valence-electron chi connectivity index (χ4n) is 2.52. The van der Waals surface area contributed by atoms with Crippen molar-refractivity contribution in [2.24, 2.45) is 0 Å². The van der Waals surface area contributed by atoms with Crippen LogP contribution in [0.3, 0.4) is 0 Å². The molecule has 0 unspecified atom stereocenters. The molecule has 3 aromatic carbocycles. The quantitative estimate of drug-likeness (QED) is 0.455. The molecule has 4 nitrogen and oxygen atoms in total. The molecule has 0 heterocycles. The minimum absolute atomic E-state index is 0.101. The van der Waals surface area contributed by atoms with E-state index in [0.29, 0.717) is 6.07 Å². The first kappa shape index (κ1) is 19.6. The van der Waals surface area contributed by atoms with E-state index >= 15 is 0 Å². The monoisotopic (exact) mass is 406 g/mol. The lowest BCUT2D eigenvalue weighted by atomic mass is 10.00. The lowest BCUT2D eigenvalue weighted by Gasteiger charge is -2.17. The van der Waals surface area contributed by atoms with Crippen LogP contribution in [0.5, 0.6) is 5.75 Å². The van der Waals surface area contributed by atoms with Crippen LogP contribution in [0, 0.1) is 0 Å². The number of benzene rings is 3. The number of alkyl halides is 3. The Morgan fingerprint density at radius 3 is 1.93 bits per heavy atom. The second kappa shape index (κ2) is 7.47. The summed E-state index contributed by atoms with van der Waals surface area (Å²) in [5.41, 5.74) is -1.75. The second-order valence-electron chi connectivity index (χ2n) is 5.73. The number of carbonyl (C=O) groups is 1. The molecule has 0 spiro atoms. The fourth-order valence-corrected chi connectivity index (χ4v) is 3.50. The summed E-state index contributed by atoms with van der Waals surface area (Å²) in [5.74, 6) is -1.84. The SMILES string of the molecule is O=C(c1ccccc1)c1cccc(C(F)(F)F)c1OS(=O)(=O)c1ccccc1. The van der Waals surface area contributed by atoms with Gasteiger partial charge in [-0.05, 0) is 24.3 Å². The molecule has 0 aliphatic heterocycles. The van der Waals surface area contributed by atoms with Crippen LogP contribution < -0.4 is 4.18 Å². The number of para-hydroxylation sites is 1. The van der Waals surface area contributed by atoms with Crippen LogP contribution in [0.25, 0.3) is 0 Å². The van der Waals surface area contributed by atoms with Gasteiger partial charge in [0, 0.05) is 5.56 Å². The van der Waals surface area contributed by atoms with Crippen LogP contribution in [-0.4, -0.2) is 14.2 Å². The largest absolute Gasteiger partial charge is 0.420 e. The lowest BCUT2D eigenvalue weighted by molar-refractivity contribution is -0.138. The average Bonchev–Trinajstić information content (AvgIpc) is 2.68. The molecule has 0 bridgehead atoms. The van der Waals surface area contributed by atoms with Gasteiger partial charge in [-0.15, -0.1) is 0 Å². The number of hydrogen-bond acceptors (Lipinski definition) is 4. The Bertz CT molecular complexity index is 1090. The van der Waals surface area contributed by atoms with Gasteiger partial charge in [0.15, 0.2) is 11.5 Å². The Hall–Kier alpha value is -3.13. The average molecular weight is 406 g/mol. The number of carbonyl (C=O) groups excluding carboxylic acids is 1. The van der Waals surface area contributed by atoms with Crippen LogP contribution in [-0.2, 0) is 16.3 Å². The summed E-state index contributed by atoms with van der Waals surface area (Å²) in [4.78, 5) is 12.4. The molecular weight excluding hydrogens is 393 g/mol. The summed E-state index contributed by atoms with van der Waals surface area (Å²) in [6.07, 6.45) is -4.92. The molecule has 0 amide bonds. The maximum atomic E-state index is 13.5. The van der Waals surface area contributed by atoms with Gasteiger partial charge in [-0.25, -0.2) is 0 Å². The zero-order chi connectivity index (χ0) is 20.4. The molecular formula is C20H13F3O4S. The molecule has 0 saturated carbocycles. The van der Waals surface area contributed by atoms with Gasteiger partial charge in [0.1, 0.15) is 10.5 Å². The normalized spacial score (nSPS) is 11.8. The van der Waals surface area contributed by atoms with E-state index in [1.54, 1.807) is 24.3 Å². The third kappa shape index (κ3) is 4.07. The molecule has 0 N–H and O–H groups in total. The first-order valence-corrected chi connectivity index (χ1v) is 9.40. The van der Waals surface area contributed by atoms with E-state index in [1.807, 2.05) is 0 Å². The van der Waals surface area contributed by atoms with Gasteiger partial charge in [-0.3, -0.25) is 4.79 Å². The highest BCUT2D eigenvalue weighted by atomic mass is 32.2.